The van der Waals surface area contributed by atoms with Crippen LogP contribution in [0, 0.1) is 0 Å². The van der Waals surface area contributed by atoms with Crippen LogP contribution in [0.4, 0.5) is 0 Å². The van der Waals surface area contributed by atoms with Gasteiger partial charge in [0.05, 0.1) is 15.1 Å². The first-order valence-corrected chi connectivity index (χ1v) is 7.41. The number of rotatable bonds is 3. The maximum absolute atomic E-state index is 12.0. The summed E-state index contributed by atoms with van der Waals surface area (Å²) >= 11 is 17.7. The van der Waals surface area contributed by atoms with Gasteiger partial charge in [-0.2, -0.15) is 0 Å². The average molecular weight is 374 g/mol. The number of carbonyl (C=O) groups is 1. The van der Waals surface area contributed by atoms with Gasteiger partial charge in [-0.05, 0) is 18.9 Å². The van der Waals surface area contributed by atoms with Gasteiger partial charge >= 0.3 is 0 Å². The average Bonchev–Trinajstić information content (AvgIpc) is 2.41. The Labute approximate surface area is 144 Å². The number of nitrogens with zero attached hydrogens (tertiary/aromatic N) is 1. The third kappa shape index (κ3) is 5.08. The van der Waals surface area contributed by atoms with E-state index in [-0.39, 0.29) is 31.0 Å². The minimum Gasteiger partial charge on any atom is -0.482 e. The Bertz CT molecular complexity index is 513. The van der Waals surface area contributed by atoms with Crippen molar-refractivity contribution in [2.75, 3.05) is 19.7 Å². The third-order valence-corrected chi connectivity index (χ3v) is 4.15. The molecule has 1 aromatic rings. The molecule has 2 N–H and O–H groups in total. The Morgan fingerprint density at radius 3 is 2.62 bits per heavy atom. The summed E-state index contributed by atoms with van der Waals surface area (Å²) in [5.41, 5.74) is 5.84. The highest BCUT2D eigenvalue weighted by molar-refractivity contribution is 6.43. The van der Waals surface area contributed by atoms with Gasteiger partial charge in [0.25, 0.3) is 5.91 Å². The zero-order chi connectivity index (χ0) is 14.7. The smallest absolute Gasteiger partial charge is 0.260 e. The van der Waals surface area contributed by atoms with Gasteiger partial charge in [-0.25, -0.2) is 0 Å². The zero-order valence-corrected chi connectivity index (χ0v) is 14.2. The van der Waals surface area contributed by atoms with Gasteiger partial charge in [0.2, 0.25) is 0 Å². The topological polar surface area (TPSA) is 55.6 Å². The fourth-order valence-corrected chi connectivity index (χ4v) is 2.67. The van der Waals surface area contributed by atoms with Gasteiger partial charge in [0.1, 0.15) is 5.75 Å². The molecule has 1 fully saturated rings. The number of carbonyl (C=O) groups excluding carboxylic acids is 1. The summed E-state index contributed by atoms with van der Waals surface area (Å²) in [4.78, 5) is 13.7. The Balaban J connectivity index is 0.00000220. The Kier molecular flexibility index (Phi) is 7.37. The lowest BCUT2D eigenvalue weighted by molar-refractivity contribution is -0.134. The van der Waals surface area contributed by atoms with Crippen molar-refractivity contribution in [3.8, 4) is 5.75 Å². The van der Waals surface area contributed by atoms with Crippen molar-refractivity contribution in [2.24, 2.45) is 5.73 Å². The standard InChI is InChI=1S/C13H15Cl3N2O2.ClH/c14-9-4-11(16)12(5-10(9)15)20-7-13(19)18-3-1-2-8(17)6-18;/h4-5,8H,1-3,6-7,17H2;1H. The predicted octanol–water partition coefficient (Wildman–Crippen LogP) is 3.40. The number of hydrogen-bond acceptors (Lipinski definition) is 3. The van der Waals surface area contributed by atoms with Crippen LogP contribution in [0.3, 0.4) is 0 Å². The molecule has 1 aliphatic rings. The largest absolute Gasteiger partial charge is 0.482 e. The van der Waals surface area contributed by atoms with Gasteiger partial charge in [0, 0.05) is 25.2 Å². The van der Waals surface area contributed by atoms with Crippen molar-refractivity contribution < 1.29 is 9.53 Å². The van der Waals surface area contributed by atoms with Crippen LogP contribution in [0.15, 0.2) is 12.1 Å². The summed E-state index contributed by atoms with van der Waals surface area (Å²) in [7, 11) is 0. The van der Waals surface area contributed by atoms with Crippen molar-refractivity contribution in [3.05, 3.63) is 27.2 Å². The summed E-state index contributed by atoms with van der Waals surface area (Å²) in [5, 5.41) is 0.999. The lowest BCUT2D eigenvalue weighted by Crippen LogP contribution is -2.47. The minimum absolute atomic E-state index is 0. The number of halogens is 4. The molecule has 2 rings (SSSR count). The van der Waals surface area contributed by atoms with E-state index in [1.165, 1.54) is 12.1 Å². The molecular formula is C13H16Cl4N2O2. The molecule has 0 spiro atoms. The van der Waals surface area contributed by atoms with Gasteiger partial charge in [-0.15, -0.1) is 12.4 Å². The molecule has 0 bridgehead atoms. The maximum atomic E-state index is 12.0. The van der Waals surface area contributed by atoms with Crippen LogP contribution in [-0.4, -0.2) is 36.5 Å². The van der Waals surface area contributed by atoms with Gasteiger partial charge in [0.15, 0.2) is 6.61 Å². The van der Waals surface area contributed by atoms with Crippen LogP contribution >= 0.6 is 47.2 Å². The van der Waals surface area contributed by atoms with E-state index in [2.05, 4.69) is 0 Å². The Hall–Kier alpha value is -0.390. The molecule has 0 aliphatic carbocycles. The van der Waals surface area contributed by atoms with E-state index in [0.29, 0.717) is 33.9 Å². The molecule has 1 heterocycles. The number of nitrogens with two attached hydrogens (primary N) is 1. The molecule has 118 valence electrons. The van der Waals surface area contributed by atoms with E-state index < -0.39 is 0 Å². The van der Waals surface area contributed by atoms with E-state index >= 15 is 0 Å². The fraction of sp³-hybridized carbons (Fsp3) is 0.462. The summed E-state index contributed by atoms with van der Waals surface area (Å²) in [5.74, 6) is 0.234. The highest BCUT2D eigenvalue weighted by atomic mass is 35.5. The first kappa shape index (κ1) is 18.7. The quantitative estimate of drug-likeness (QED) is 0.826. The zero-order valence-electron chi connectivity index (χ0n) is 11.2. The number of ether oxygens (including phenoxy) is 1. The molecule has 1 saturated heterocycles. The molecule has 8 heteroatoms. The summed E-state index contributed by atoms with van der Waals surface area (Å²) in [6, 6.07) is 3.03. The van der Waals surface area contributed by atoms with E-state index in [0.717, 1.165) is 12.8 Å². The van der Waals surface area contributed by atoms with Crippen molar-refractivity contribution in [1.82, 2.24) is 4.90 Å². The second-order valence-corrected chi connectivity index (χ2v) is 5.95. The lowest BCUT2D eigenvalue weighted by Gasteiger charge is -2.30. The minimum atomic E-state index is -0.109. The van der Waals surface area contributed by atoms with Crippen molar-refractivity contribution >= 4 is 53.1 Å². The predicted molar refractivity (Wildman–Crippen MR) is 88.0 cm³/mol. The number of benzene rings is 1. The highest BCUT2D eigenvalue weighted by Crippen LogP contribution is 2.33. The number of likely N-dealkylation sites (tertiary alicyclic amines) is 1. The Morgan fingerprint density at radius 2 is 1.95 bits per heavy atom. The molecule has 1 aromatic carbocycles. The van der Waals surface area contributed by atoms with Gasteiger partial charge in [-0.1, -0.05) is 34.8 Å². The normalized spacial score (nSPS) is 18.1. The number of hydrogen-bond donors (Lipinski definition) is 1. The van der Waals surface area contributed by atoms with Crippen molar-refractivity contribution in [3.63, 3.8) is 0 Å². The number of amides is 1. The SMILES string of the molecule is Cl.NC1CCCN(C(=O)COc2cc(Cl)c(Cl)cc2Cl)C1. The molecule has 21 heavy (non-hydrogen) atoms. The van der Waals surface area contributed by atoms with E-state index in [1.54, 1.807) is 4.90 Å². The van der Waals surface area contributed by atoms with Gasteiger partial charge in [-0.3, -0.25) is 4.79 Å². The molecule has 4 nitrogen and oxygen atoms in total. The molecule has 1 aliphatic heterocycles. The summed E-state index contributed by atoms with van der Waals surface area (Å²) in [6.45, 7) is 1.19. The first-order valence-electron chi connectivity index (χ1n) is 6.28. The Morgan fingerprint density at radius 1 is 1.29 bits per heavy atom. The van der Waals surface area contributed by atoms with Crippen LogP contribution in [0.5, 0.6) is 5.75 Å². The summed E-state index contributed by atoms with van der Waals surface area (Å²) < 4.78 is 5.42. The van der Waals surface area contributed by atoms with Crippen LogP contribution in [0.25, 0.3) is 0 Å². The third-order valence-electron chi connectivity index (χ3n) is 3.14. The first-order chi connectivity index (χ1) is 9.47. The molecule has 0 aromatic heterocycles. The van der Waals surface area contributed by atoms with E-state index in [4.69, 9.17) is 45.3 Å². The second kappa shape index (κ2) is 8.30. The molecule has 0 radical (unpaired) electrons. The number of piperidine rings is 1. The van der Waals surface area contributed by atoms with Gasteiger partial charge < -0.3 is 15.4 Å². The fourth-order valence-electron chi connectivity index (χ4n) is 2.08. The van der Waals surface area contributed by atoms with E-state index in [1.807, 2.05) is 0 Å². The molecule has 1 amide bonds. The highest BCUT2D eigenvalue weighted by Gasteiger charge is 2.21. The molecular weight excluding hydrogens is 358 g/mol. The molecule has 0 saturated carbocycles. The second-order valence-electron chi connectivity index (χ2n) is 4.73. The van der Waals surface area contributed by atoms with Crippen LogP contribution in [-0.2, 0) is 4.79 Å². The van der Waals surface area contributed by atoms with E-state index in [9.17, 15) is 4.79 Å². The molecule has 1 atom stereocenters. The van der Waals surface area contributed by atoms with Crippen molar-refractivity contribution in [2.45, 2.75) is 18.9 Å². The van der Waals surface area contributed by atoms with Crippen LogP contribution in [0.1, 0.15) is 12.8 Å². The van der Waals surface area contributed by atoms with Crippen LogP contribution in [0.2, 0.25) is 15.1 Å². The van der Waals surface area contributed by atoms with Crippen molar-refractivity contribution in [1.29, 1.82) is 0 Å². The summed E-state index contributed by atoms with van der Waals surface area (Å²) in [6.07, 6.45) is 1.86. The van der Waals surface area contributed by atoms with Crippen LogP contribution < -0.4 is 10.5 Å². The monoisotopic (exact) mass is 372 g/mol. The molecule has 1 unspecified atom stereocenters. The lowest BCUT2D eigenvalue weighted by atomic mass is 10.1. The maximum Gasteiger partial charge on any atom is 0.260 e.